The predicted octanol–water partition coefficient (Wildman–Crippen LogP) is 2.52. The van der Waals surface area contributed by atoms with Crippen molar-refractivity contribution < 1.29 is 18.5 Å². The number of amides is 2. The van der Waals surface area contributed by atoms with Crippen LogP contribution >= 0.6 is 11.3 Å². The Morgan fingerprint density at radius 1 is 1.08 bits per heavy atom. The van der Waals surface area contributed by atoms with Gasteiger partial charge >= 0.3 is 0 Å². The fraction of sp³-hybridized carbons (Fsp3) is 0.278. The first-order valence-electron chi connectivity index (χ1n) is 8.31. The molecule has 7 nitrogen and oxygen atoms in total. The summed E-state index contributed by atoms with van der Waals surface area (Å²) in [4.78, 5) is 29.5. The Labute approximate surface area is 153 Å². The van der Waals surface area contributed by atoms with Gasteiger partial charge in [-0.25, -0.2) is 0 Å². The van der Waals surface area contributed by atoms with E-state index in [1.54, 1.807) is 39.3 Å². The van der Waals surface area contributed by atoms with E-state index >= 15 is 0 Å². The van der Waals surface area contributed by atoms with Gasteiger partial charge in [-0.2, -0.15) is 0 Å². The minimum Gasteiger partial charge on any atom is -0.461 e. The molecule has 134 valence electrons. The number of hydrogen-bond acceptors (Lipinski definition) is 6. The molecule has 4 rings (SSSR count). The number of furan rings is 1. The standard InChI is InChI=1S/C18H17N3O4S/c22-17(11-13-3-2-10-26-13)20-5-7-21(8-6-20)18(23)14-12-16(25-19-14)15-4-1-9-24-15/h1-4,9-10,12H,5-8,11H2. The Balaban J connectivity index is 1.34. The first kappa shape index (κ1) is 16.6. The molecule has 0 aromatic carbocycles. The maximum atomic E-state index is 12.6. The molecule has 0 bridgehead atoms. The average molecular weight is 371 g/mol. The number of aromatic nitrogens is 1. The Morgan fingerprint density at radius 3 is 2.58 bits per heavy atom. The van der Waals surface area contributed by atoms with Gasteiger partial charge in [-0.05, 0) is 23.6 Å². The fourth-order valence-corrected chi connectivity index (χ4v) is 3.60. The molecule has 1 saturated heterocycles. The van der Waals surface area contributed by atoms with Crippen molar-refractivity contribution in [1.29, 1.82) is 0 Å². The van der Waals surface area contributed by atoms with E-state index in [0.717, 1.165) is 4.88 Å². The summed E-state index contributed by atoms with van der Waals surface area (Å²) in [5.41, 5.74) is 0.245. The molecule has 0 atom stereocenters. The zero-order valence-electron chi connectivity index (χ0n) is 14.0. The number of thiophene rings is 1. The summed E-state index contributed by atoms with van der Waals surface area (Å²) in [5, 5.41) is 5.81. The summed E-state index contributed by atoms with van der Waals surface area (Å²) in [7, 11) is 0. The quantitative estimate of drug-likeness (QED) is 0.704. The Bertz CT molecular complexity index is 878. The van der Waals surface area contributed by atoms with Crippen LogP contribution in [0.4, 0.5) is 0 Å². The molecule has 0 saturated carbocycles. The molecule has 0 unspecified atom stereocenters. The highest BCUT2D eigenvalue weighted by molar-refractivity contribution is 7.10. The van der Waals surface area contributed by atoms with E-state index in [0.29, 0.717) is 44.1 Å². The zero-order valence-corrected chi connectivity index (χ0v) is 14.8. The molecule has 26 heavy (non-hydrogen) atoms. The zero-order chi connectivity index (χ0) is 17.9. The summed E-state index contributed by atoms with van der Waals surface area (Å²) in [6, 6.07) is 8.97. The van der Waals surface area contributed by atoms with Crippen molar-refractivity contribution in [3.8, 4) is 11.5 Å². The SMILES string of the molecule is O=C(Cc1cccs1)N1CCN(C(=O)c2cc(-c3ccco3)on2)CC1. The number of hydrogen-bond donors (Lipinski definition) is 0. The van der Waals surface area contributed by atoms with Crippen LogP contribution in [0.15, 0.2) is 50.9 Å². The lowest BCUT2D eigenvalue weighted by Crippen LogP contribution is -2.51. The summed E-state index contributed by atoms with van der Waals surface area (Å²) >= 11 is 1.58. The second-order valence-corrected chi connectivity index (χ2v) is 7.02. The van der Waals surface area contributed by atoms with E-state index in [1.165, 1.54) is 6.26 Å². The number of carbonyl (C=O) groups is 2. The molecule has 3 aromatic heterocycles. The molecule has 1 aliphatic heterocycles. The molecule has 0 radical (unpaired) electrons. The average Bonchev–Trinajstić information content (AvgIpc) is 3.42. The maximum absolute atomic E-state index is 12.6. The summed E-state index contributed by atoms with van der Waals surface area (Å²) in [5.74, 6) is 0.849. The van der Waals surface area contributed by atoms with Gasteiger partial charge in [-0.1, -0.05) is 11.2 Å². The van der Waals surface area contributed by atoms with Crippen LogP contribution < -0.4 is 0 Å². The second-order valence-electron chi connectivity index (χ2n) is 5.98. The van der Waals surface area contributed by atoms with Gasteiger partial charge in [0.15, 0.2) is 11.5 Å². The molecule has 2 amide bonds. The number of rotatable bonds is 4. The normalized spacial score (nSPS) is 14.6. The highest BCUT2D eigenvalue weighted by atomic mass is 32.1. The van der Waals surface area contributed by atoms with Crippen molar-refractivity contribution in [3.05, 3.63) is 52.5 Å². The van der Waals surface area contributed by atoms with Gasteiger partial charge in [0.05, 0.1) is 12.7 Å². The summed E-state index contributed by atoms with van der Waals surface area (Å²) < 4.78 is 10.4. The van der Waals surface area contributed by atoms with Crippen LogP contribution in [-0.4, -0.2) is 52.9 Å². The lowest BCUT2D eigenvalue weighted by molar-refractivity contribution is -0.131. The minimum absolute atomic E-state index is 0.0982. The van der Waals surface area contributed by atoms with Crippen LogP contribution in [0.1, 0.15) is 15.4 Å². The van der Waals surface area contributed by atoms with Gasteiger partial charge < -0.3 is 18.7 Å². The third kappa shape index (κ3) is 3.41. The number of piperazine rings is 1. The van der Waals surface area contributed by atoms with Crippen LogP contribution in [0.3, 0.4) is 0 Å². The van der Waals surface area contributed by atoms with Crippen molar-refractivity contribution in [2.45, 2.75) is 6.42 Å². The van der Waals surface area contributed by atoms with E-state index in [-0.39, 0.29) is 17.5 Å². The fourth-order valence-electron chi connectivity index (χ4n) is 2.91. The van der Waals surface area contributed by atoms with Crippen molar-refractivity contribution in [2.75, 3.05) is 26.2 Å². The van der Waals surface area contributed by atoms with E-state index < -0.39 is 0 Å². The summed E-state index contributed by atoms with van der Waals surface area (Å²) in [6.07, 6.45) is 1.95. The van der Waals surface area contributed by atoms with E-state index in [4.69, 9.17) is 8.94 Å². The second kappa shape index (κ2) is 7.17. The molecule has 0 aliphatic carbocycles. The lowest BCUT2D eigenvalue weighted by Gasteiger charge is -2.34. The number of nitrogens with zero attached hydrogens (tertiary/aromatic N) is 3. The van der Waals surface area contributed by atoms with Crippen molar-refractivity contribution in [1.82, 2.24) is 15.0 Å². The predicted molar refractivity (Wildman–Crippen MR) is 94.7 cm³/mol. The van der Waals surface area contributed by atoms with E-state index in [1.807, 2.05) is 17.5 Å². The van der Waals surface area contributed by atoms with Gasteiger partial charge in [0.25, 0.3) is 5.91 Å². The molecule has 4 heterocycles. The number of carbonyl (C=O) groups excluding carboxylic acids is 2. The van der Waals surface area contributed by atoms with Crippen LogP contribution in [0, 0.1) is 0 Å². The van der Waals surface area contributed by atoms with E-state index in [9.17, 15) is 9.59 Å². The van der Waals surface area contributed by atoms with Gasteiger partial charge in [0.1, 0.15) is 0 Å². The first-order valence-corrected chi connectivity index (χ1v) is 9.19. The maximum Gasteiger partial charge on any atom is 0.276 e. The van der Waals surface area contributed by atoms with Crippen molar-refractivity contribution >= 4 is 23.2 Å². The molecular weight excluding hydrogens is 354 g/mol. The van der Waals surface area contributed by atoms with E-state index in [2.05, 4.69) is 5.16 Å². The molecule has 3 aromatic rings. The van der Waals surface area contributed by atoms with Crippen LogP contribution in [0.5, 0.6) is 0 Å². The van der Waals surface area contributed by atoms with Crippen molar-refractivity contribution in [3.63, 3.8) is 0 Å². The van der Waals surface area contributed by atoms with Gasteiger partial charge in [-0.15, -0.1) is 11.3 Å². The third-order valence-corrected chi connectivity index (χ3v) is 5.19. The molecule has 8 heteroatoms. The smallest absolute Gasteiger partial charge is 0.276 e. The Morgan fingerprint density at radius 2 is 1.88 bits per heavy atom. The third-order valence-electron chi connectivity index (χ3n) is 4.32. The molecule has 1 aliphatic rings. The molecule has 0 N–H and O–H groups in total. The Hall–Kier alpha value is -2.87. The van der Waals surface area contributed by atoms with Gasteiger partial charge in [-0.3, -0.25) is 9.59 Å². The molecular formula is C18H17N3O4S. The van der Waals surface area contributed by atoms with Gasteiger partial charge in [0, 0.05) is 37.1 Å². The lowest BCUT2D eigenvalue weighted by atomic mass is 10.2. The van der Waals surface area contributed by atoms with Crippen molar-refractivity contribution in [2.24, 2.45) is 0 Å². The largest absolute Gasteiger partial charge is 0.461 e. The monoisotopic (exact) mass is 371 g/mol. The highest BCUT2D eigenvalue weighted by Gasteiger charge is 2.27. The minimum atomic E-state index is -0.197. The molecule has 0 spiro atoms. The van der Waals surface area contributed by atoms with Crippen LogP contribution in [0.25, 0.3) is 11.5 Å². The summed E-state index contributed by atoms with van der Waals surface area (Å²) in [6.45, 7) is 2.02. The van der Waals surface area contributed by atoms with Gasteiger partial charge in [0.2, 0.25) is 11.7 Å². The van der Waals surface area contributed by atoms with Crippen LogP contribution in [-0.2, 0) is 11.2 Å². The molecule has 1 fully saturated rings. The highest BCUT2D eigenvalue weighted by Crippen LogP contribution is 2.21. The van der Waals surface area contributed by atoms with Crippen LogP contribution in [0.2, 0.25) is 0 Å². The topological polar surface area (TPSA) is 79.8 Å². The Kier molecular flexibility index (Phi) is 4.57. The first-order chi connectivity index (χ1) is 12.7.